The third-order valence-corrected chi connectivity index (χ3v) is 2.85. The maximum Gasteiger partial charge on any atom is 0.319 e. The molecule has 0 aliphatic heterocycles. The molecule has 0 saturated carbocycles. The molecule has 0 spiro atoms. The van der Waals surface area contributed by atoms with Gasteiger partial charge in [0.05, 0.1) is 10.7 Å². The molecular formula is C12H16ClFN2O. The number of anilines is 1. The van der Waals surface area contributed by atoms with Gasteiger partial charge in [-0.3, -0.25) is 0 Å². The van der Waals surface area contributed by atoms with Crippen LogP contribution in [-0.2, 0) is 0 Å². The summed E-state index contributed by atoms with van der Waals surface area (Å²) in [6.45, 7) is 5.87. The molecule has 0 radical (unpaired) electrons. The second-order valence-electron chi connectivity index (χ2n) is 4.23. The molecular weight excluding hydrogens is 243 g/mol. The summed E-state index contributed by atoms with van der Waals surface area (Å²) in [5.41, 5.74) is 0.0750. The van der Waals surface area contributed by atoms with Crippen molar-refractivity contribution >= 4 is 23.3 Å². The Morgan fingerprint density at radius 1 is 1.35 bits per heavy atom. The van der Waals surface area contributed by atoms with Crippen molar-refractivity contribution in [1.82, 2.24) is 5.32 Å². The van der Waals surface area contributed by atoms with E-state index in [0.29, 0.717) is 5.92 Å². The van der Waals surface area contributed by atoms with Crippen molar-refractivity contribution in [3.63, 3.8) is 0 Å². The molecule has 17 heavy (non-hydrogen) atoms. The molecule has 0 bridgehead atoms. The molecule has 1 aromatic carbocycles. The summed E-state index contributed by atoms with van der Waals surface area (Å²) in [6, 6.07) is 4.04. The highest BCUT2D eigenvalue weighted by Gasteiger charge is 2.13. The van der Waals surface area contributed by atoms with E-state index in [-0.39, 0.29) is 16.8 Å². The summed E-state index contributed by atoms with van der Waals surface area (Å²) in [5, 5.41) is 5.13. The summed E-state index contributed by atoms with van der Waals surface area (Å²) in [5.74, 6) is -0.313. The Morgan fingerprint density at radius 2 is 2.00 bits per heavy atom. The van der Waals surface area contributed by atoms with Crippen molar-refractivity contribution in [2.45, 2.75) is 26.8 Å². The lowest BCUT2D eigenvalue weighted by Crippen LogP contribution is -2.39. The molecule has 3 nitrogen and oxygen atoms in total. The van der Waals surface area contributed by atoms with Crippen LogP contribution in [0.3, 0.4) is 0 Å². The number of rotatable bonds is 3. The van der Waals surface area contributed by atoms with Gasteiger partial charge in [-0.25, -0.2) is 9.18 Å². The number of hydrogen-bond acceptors (Lipinski definition) is 1. The fourth-order valence-electron chi connectivity index (χ4n) is 1.13. The molecule has 1 atom stereocenters. The van der Waals surface area contributed by atoms with Crippen molar-refractivity contribution in [2.75, 3.05) is 5.32 Å². The van der Waals surface area contributed by atoms with Gasteiger partial charge in [0.15, 0.2) is 5.82 Å². The molecule has 1 unspecified atom stereocenters. The first kappa shape index (κ1) is 13.8. The number of carbonyl (C=O) groups is 1. The molecule has 94 valence electrons. The predicted octanol–water partition coefficient (Wildman–Crippen LogP) is 3.65. The number of hydrogen-bond donors (Lipinski definition) is 2. The van der Waals surface area contributed by atoms with E-state index in [2.05, 4.69) is 10.6 Å². The van der Waals surface area contributed by atoms with E-state index >= 15 is 0 Å². The Hall–Kier alpha value is -1.29. The Labute approximate surface area is 105 Å². The number of nitrogens with one attached hydrogen (secondary N) is 2. The van der Waals surface area contributed by atoms with Crippen LogP contribution in [0, 0.1) is 11.7 Å². The van der Waals surface area contributed by atoms with Crippen LogP contribution in [-0.4, -0.2) is 12.1 Å². The van der Waals surface area contributed by atoms with E-state index in [1.807, 2.05) is 20.8 Å². The van der Waals surface area contributed by atoms with Gasteiger partial charge in [0.2, 0.25) is 0 Å². The van der Waals surface area contributed by atoms with E-state index < -0.39 is 11.8 Å². The lowest BCUT2D eigenvalue weighted by Gasteiger charge is -2.18. The van der Waals surface area contributed by atoms with Gasteiger partial charge in [-0.1, -0.05) is 31.5 Å². The van der Waals surface area contributed by atoms with Crippen molar-refractivity contribution in [3.8, 4) is 0 Å². The Bertz CT molecular complexity index is 409. The Morgan fingerprint density at radius 3 is 2.59 bits per heavy atom. The van der Waals surface area contributed by atoms with E-state index in [0.717, 1.165) is 0 Å². The summed E-state index contributed by atoms with van der Waals surface area (Å²) < 4.78 is 13.5. The zero-order valence-electron chi connectivity index (χ0n) is 10.1. The predicted molar refractivity (Wildman–Crippen MR) is 67.9 cm³/mol. The molecule has 2 N–H and O–H groups in total. The lowest BCUT2D eigenvalue weighted by atomic mass is 10.1. The molecule has 0 saturated heterocycles. The Kier molecular flexibility index (Phi) is 4.75. The molecule has 1 rings (SSSR count). The normalized spacial score (nSPS) is 12.4. The Balaban J connectivity index is 2.66. The average molecular weight is 259 g/mol. The minimum atomic E-state index is -0.624. The van der Waals surface area contributed by atoms with Crippen LogP contribution >= 0.6 is 11.6 Å². The van der Waals surface area contributed by atoms with Gasteiger partial charge in [0, 0.05) is 6.04 Å². The minimum Gasteiger partial charge on any atom is -0.335 e. The lowest BCUT2D eigenvalue weighted by molar-refractivity contribution is 0.246. The monoisotopic (exact) mass is 258 g/mol. The molecule has 0 fully saturated rings. The van der Waals surface area contributed by atoms with Crippen LogP contribution in [0.1, 0.15) is 20.8 Å². The van der Waals surface area contributed by atoms with Crippen molar-refractivity contribution in [2.24, 2.45) is 5.92 Å². The first-order chi connectivity index (χ1) is 7.91. The molecule has 5 heteroatoms. The molecule has 0 aliphatic carbocycles. The summed E-state index contributed by atoms with van der Waals surface area (Å²) in [7, 11) is 0. The van der Waals surface area contributed by atoms with Crippen LogP contribution in [0.4, 0.5) is 14.9 Å². The van der Waals surface area contributed by atoms with Gasteiger partial charge >= 0.3 is 6.03 Å². The summed E-state index contributed by atoms with van der Waals surface area (Å²) in [6.07, 6.45) is 0. The van der Waals surface area contributed by atoms with Crippen LogP contribution in [0.25, 0.3) is 0 Å². The van der Waals surface area contributed by atoms with Crippen LogP contribution in [0.15, 0.2) is 18.2 Å². The smallest absolute Gasteiger partial charge is 0.319 e. The quantitative estimate of drug-likeness (QED) is 0.854. The highest BCUT2D eigenvalue weighted by molar-refractivity contribution is 6.31. The van der Waals surface area contributed by atoms with Crippen molar-refractivity contribution in [3.05, 3.63) is 29.0 Å². The zero-order valence-corrected chi connectivity index (χ0v) is 10.8. The second kappa shape index (κ2) is 5.87. The third kappa shape index (κ3) is 3.89. The largest absolute Gasteiger partial charge is 0.335 e. The number of urea groups is 1. The van der Waals surface area contributed by atoms with Gasteiger partial charge in [0.25, 0.3) is 0 Å². The molecule has 0 aliphatic rings. The van der Waals surface area contributed by atoms with E-state index in [1.54, 1.807) is 6.07 Å². The minimum absolute atomic E-state index is 0.0113. The maximum atomic E-state index is 13.5. The highest BCUT2D eigenvalue weighted by atomic mass is 35.5. The number of amides is 2. The van der Waals surface area contributed by atoms with E-state index in [1.165, 1.54) is 12.1 Å². The molecule has 1 aromatic rings. The average Bonchev–Trinajstić information content (AvgIpc) is 2.24. The SMILES string of the molecule is CC(C)C(C)NC(=O)Nc1cccc(Cl)c1F. The van der Waals surface area contributed by atoms with E-state index in [9.17, 15) is 9.18 Å². The fraction of sp³-hybridized carbons (Fsp3) is 0.417. The molecule has 0 heterocycles. The van der Waals surface area contributed by atoms with Crippen molar-refractivity contribution < 1.29 is 9.18 Å². The molecule has 0 aromatic heterocycles. The van der Waals surface area contributed by atoms with Crippen molar-refractivity contribution in [1.29, 1.82) is 0 Å². The fourth-order valence-corrected chi connectivity index (χ4v) is 1.31. The van der Waals surface area contributed by atoms with Gasteiger partial charge in [0.1, 0.15) is 0 Å². The standard InChI is InChI=1S/C12H16ClFN2O/c1-7(2)8(3)15-12(17)16-10-6-4-5-9(13)11(10)14/h4-8H,1-3H3,(H2,15,16,17). The number of benzene rings is 1. The van der Waals surface area contributed by atoms with Gasteiger partial charge in [-0.2, -0.15) is 0 Å². The van der Waals surface area contributed by atoms with Gasteiger partial charge < -0.3 is 10.6 Å². The maximum absolute atomic E-state index is 13.5. The van der Waals surface area contributed by atoms with Gasteiger partial charge in [-0.05, 0) is 25.0 Å². The molecule has 2 amide bonds. The number of carbonyl (C=O) groups excluding carboxylic acids is 1. The third-order valence-electron chi connectivity index (χ3n) is 2.56. The zero-order chi connectivity index (χ0) is 13.0. The summed E-state index contributed by atoms with van der Waals surface area (Å²) >= 11 is 5.61. The second-order valence-corrected chi connectivity index (χ2v) is 4.64. The van der Waals surface area contributed by atoms with E-state index in [4.69, 9.17) is 11.6 Å². The highest BCUT2D eigenvalue weighted by Crippen LogP contribution is 2.21. The first-order valence-electron chi connectivity index (χ1n) is 5.43. The van der Waals surface area contributed by atoms with Crippen LogP contribution in [0.5, 0.6) is 0 Å². The van der Waals surface area contributed by atoms with Crippen LogP contribution in [0.2, 0.25) is 5.02 Å². The van der Waals surface area contributed by atoms with Crippen LogP contribution < -0.4 is 10.6 Å². The summed E-state index contributed by atoms with van der Waals surface area (Å²) in [4.78, 5) is 11.6. The van der Waals surface area contributed by atoms with Gasteiger partial charge in [-0.15, -0.1) is 0 Å². The first-order valence-corrected chi connectivity index (χ1v) is 5.81. The topological polar surface area (TPSA) is 41.1 Å². The number of halogens is 2.